The van der Waals surface area contributed by atoms with Crippen LogP contribution < -0.4 is 5.73 Å². The molecule has 116 valence electrons. The van der Waals surface area contributed by atoms with E-state index in [1.165, 1.54) is 62.8 Å². The molecular formula is C17H32N2S. The van der Waals surface area contributed by atoms with Gasteiger partial charge in [-0.15, -0.1) is 11.3 Å². The molecule has 0 fully saturated rings. The van der Waals surface area contributed by atoms with E-state index in [0.29, 0.717) is 6.04 Å². The average Bonchev–Trinajstić information content (AvgIpc) is 2.82. The van der Waals surface area contributed by atoms with Gasteiger partial charge < -0.3 is 5.73 Å². The lowest BCUT2D eigenvalue weighted by atomic mass is 10.0. The van der Waals surface area contributed by atoms with Gasteiger partial charge in [0.2, 0.25) is 0 Å². The number of nitrogens with two attached hydrogens (primary N) is 1. The van der Waals surface area contributed by atoms with E-state index in [0.717, 1.165) is 18.5 Å². The maximum absolute atomic E-state index is 6.18. The third-order valence-electron chi connectivity index (χ3n) is 3.78. The fourth-order valence-electron chi connectivity index (χ4n) is 2.54. The third-order valence-corrected chi connectivity index (χ3v) is 4.77. The van der Waals surface area contributed by atoms with Crippen LogP contribution in [0.25, 0.3) is 0 Å². The van der Waals surface area contributed by atoms with E-state index >= 15 is 0 Å². The molecule has 0 amide bonds. The second kappa shape index (κ2) is 11.3. The van der Waals surface area contributed by atoms with Crippen LogP contribution in [-0.4, -0.2) is 11.0 Å². The van der Waals surface area contributed by atoms with E-state index < -0.39 is 0 Å². The summed E-state index contributed by atoms with van der Waals surface area (Å²) in [5.41, 5.74) is 7.30. The molecule has 1 heterocycles. The lowest BCUT2D eigenvalue weighted by Gasteiger charge is -2.09. The Labute approximate surface area is 129 Å². The lowest BCUT2D eigenvalue weighted by Crippen LogP contribution is -2.22. The molecule has 2 nitrogen and oxygen atoms in total. The molecule has 20 heavy (non-hydrogen) atoms. The van der Waals surface area contributed by atoms with Crippen LogP contribution >= 0.6 is 11.3 Å². The maximum Gasteiger partial charge on any atom is 0.0943 e. The summed E-state index contributed by atoms with van der Waals surface area (Å²) >= 11 is 1.74. The van der Waals surface area contributed by atoms with Gasteiger partial charge in [-0.05, 0) is 13.3 Å². The van der Waals surface area contributed by atoms with E-state index in [-0.39, 0.29) is 0 Å². The Bertz CT molecular complexity index is 335. The summed E-state index contributed by atoms with van der Waals surface area (Å²) in [6.07, 6.45) is 14.5. The lowest BCUT2D eigenvalue weighted by molar-refractivity contribution is 0.521. The van der Waals surface area contributed by atoms with Crippen LogP contribution in [0.15, 0.2) is 5.38 Å². The number of nitrogens with zero attached hydrogens (tertiary/aromatic N) is 1. The van der Waals surface area contributed by atoms with Gasteiger partial charge in [0, 0.05) is 23.5 Å². The highest BCUT2D eigenvalue weighted by Gasteiger charge is 2.06. The Kier molecular flexibility index (Phi) is 9.94. The quantitative estimate of drug-likeness (QED) is 0.535. The van der Waals surface area contributed by atoms with Crippen molar-refractivity contribution in [2.75, 3.05) is 0 Å². The first kappa shape index (κ1) is 17.6. The highest BCUT2D eigenvalue weighted by Crippen LogP contribution is 2.14. The van der Waals surface area contributed by atoms with Gasteiger partial charge in [0.15, 0.2) is 0 Å². The molecule has 1 rings (SSSR count). The largest absolute Gasteiger partial charge is 0.327 e. The van der Waals surface area contributed by atoms with Crippen molar-refractivity contribution in [3.05, 3.63) is 16.1 Å². The Morgan fingerprint density at radius 3 is 2.20 bits per heavy atom. The van der Waals surface area contributed by atoms with E-state index in [2.05, 4.69) is 17.3 Å². The van der Waals surface area contributed by atoms with Crippen molar-refractivity contribution < 1.29 is 0 Å². The summed E-state index contributed by atoms with van der Waals surface area (Å²) < 4.78 is 0. The predicted molar refractivity (Wildman–Crippen MR) is 90.4 cm³/mol. The standard InChI is InChI=1S/C17H32N2S/c1-3-4-5-6-7-8-9-10-11-12-16(18)13-17-19-15(2)14-20-17/h14,16H,3-13,18H2,1-2H3. The van der Waals surface area contributed by atoms with Crippen molar-refractivity contribution in [1.82, 2.24) is 4.98 Å². The maximum atomic E-state index is 6.18. The van der Waals surface area contributed by atoms with Crippen LogP contribution in [0.4, 0.5) is 0 Å². The molecule has 1 aromatic rings. The van der Waals surface area contributed by atoms with Crippen molar-refractivity contribution in [3.63, 3.8) is 0 Å². The Morgan fingerprint density at radius 2 is 1.65 bits per heavy atom. The number of unbranched alkanes of at least 4 members (excludes halogenated alkanes) is 8. The molecule has 1 unspecified atom stereocenters. The van der Waals surface area contributed by atoms with E-state index in [4.69, 9.17) is 5.73 Å². The van der Waals surface area contributed by atoms with Gasteiger partial charge in [0.05, 0.1) is 5.01 Å². The molecule has 0 saturated heterocycles. The zero-order valence-electron chi connectivity index (χ0n) is 13.4. The van der Waals surface area contributed by atoms with Gasteiger partial charge in [-0.1, -0.05) is 64.7 Å². The molecule has 1 atom stereocenters. The summed E-state index contributed by atoms with van der Waals surface area (Å²) in [6.45, 7) is 4.32. The first-order valence-corrected chi connectivity index (χ1v) is 9.27. The van der Waals surface area contributed by atoms with Gasteiger partial charge in [0.25, 0.3) is 0 Å². The molecule has 1 aromatic heterocycles. The van der Waals surface area contributed by atoms with Crippen LogP contribution in [0.1, 0.15) is 81.8 Å². The Morgan fingerprint density at radius 1 is 1.05 bits per heavy atom. The zero-order chi connectivity index (χ0) is 14.6. The molecular weight excluding hydrogens is 264 g/mol. The van der Waals surface area contributed by atoms with Crippen molar-refractivity contribution in [3.8, 4) is 0 Å². The molecule has 0 aromatic carbocycles. The first-order valence-electron chi connectivity index (χ1n) is 8.39. The second-order valence-corrected chi connectivity index (χ2v) is 6.91. The molecule has 0 spiro atoms. The topological polar surface area (TPSA) is 38.9 Å². The fourth-order valence-corrected chi connectivity index (χ4v) is 3.41. The van der Waals surface area contributed by atoms with Crippen LogP contribution in [0, 0.1) is 6.92 Å². The fraction of sp³-hybridized carbons (Fsp3) is 0.824. The van der Waals surface area contributed by atoms with Crippen LogP contribution in [-0.2, 0) is 6.42 Å². The molecule has 0 aliphatic carbocycles. The average molecular weight is 297 g/mol. The third kappa shape index (κ3) is 8.70. The predicted octanol–water partition coefficient (Wildman–Crippen LogP) is 5.24. The smallest absolute Gasteiger partial charge is 0.0943 e. The van der Waals surface area contributed by atoms with E-state index in [9.17, 15) is 0 Å². The van der Waals surface area contributed by atoms with Gasteiger partial charge >= 0.3 is 0 Å². The molecule has 0 radical (unpaired) electrons. The van der Waals surface area contributed by atoms with E-state index in [1.807, 2.05) is 6.92 Å². The van der Waals surface area contributed by atoms with Crippen molar-refractivity contribution >= 4 is 11.3 Å². The Balaban J connectivity index is 1.90. The monoisotopic (exact) mass is 296 g/mol. The van der Waals surface area contributed by atoms with Gasteiger partial charge in [-0.25, -0.2) is 4.98 Å². The number of hydrogen-bond donors (Lipinski definition) is 1. The van der Waals surface area contributed by atoms with Gasteiger partial charge in [-0.2, -0.15) is 0 Å². The van der Waals surface area contributed by atoms with Gasteiger partial charge in [0.1, 0.15) is 0 Å². The van der Waals surface area contributed by atoms with Crippen LogP contribution in [0.5, 0.6) is 0 Å². The summed E-state index contributed by atoms with van der Waals surface area (Å²) in [4.78, 5) is 4.48. The van der Waals surface area contributed by atoms with Crippen LogP contribution in [0.2, 0.25) is 0 Å². The molecule has 0 aliphatic heterocycles. The number of aryl methyl sites for hydroxylation is 1. The highest BCUT2D eigenvalue weighted by molar-refractivity contribution is 7.09. The first-order chi connectivity index (χ1) is 9.72. The normalized spacial score (nSPS) is 12.8. The SMILES string of the molecule is CCCCCCCCCCCC(N)Cc1nc(C)cs1. The number of thiazole rings is 1. The minimum atomic E-state index is 0.296. The van der Waals surface area contributed by atoms with Crippen molar-refractivity contribution in [1.29, 1.82) is 0 Å². The second-order valence-electron chi connectivity index (χ2n) is 5.96. The van der Waals surface area contributed by atoms with E-state index in [1.54, 1.807) is 11.3 Å². The molecule has 0 aliphatic rings. The highest BCUT2D eigenvalue weighted by atomic mass is 32.1. The minimum absolute atomic E-state index is 0.296. The zero-order valence-corrected chi connectivity index (χ0v) is 14.2. The van der Waals surface area contributed by atoms with Crippen molar-refractivity contribution in [2.45, 2.75) is 90.5 Å². The number of rotatable bonds is 12. The molecule has 0 saturated carbocycles. The van der Waals surface area contributed by atoms with Crippen LogP contribution in [0.3, 0.4) is 0 Å². The minimum Gasteiger partial charge on any atom is -0.327 e. The molecule has 0 bridgehead atoms. The van der Waals surface area contributed by atoms with Gasteiger partial charge in [-0.3, -0.25) is 0 Å². The summed E-state index contributed by atoms with van der Waals surface area (Å²) in [5, 5.41) is 3.31. The number of aromatic nitrogens is 1. The summed E-state index contributed by atoms with van der Waals surface area (Å²) in [6, 6.07) is 0.296. The number of hydrogen-bond acceptors (Lipinski definition) is 3. The molecule has 2 N–H and O–H groups in total. The summed E-state index contributed by atoms with van der Waals surface area (Å²) in [5.74, 6) is 0. The Hall–Kier alpha value is -0.410. The molecule has 3 heteroatoms. The van der Waals surface area contributed by atoms with Crippen molar-refractivity contribution in [2.24, 2.45) is 5.73 Å². The summed E-state index contributed by atoms with van der Waals surface area (Å²) in [7, 11) is 0.